The number of anilines is 1. The van der Waals surface area contributed by atoms with Gasteiger partial charge in [-0.15, -0.1) is 6.42 Å². The molecule has 1 fully saturated rings. The van der Waals surface area contributed by atoms with Gasteiger partial charge in [0.2, 0.25) is 5.91 Å². The van der Waals surface area contributed by atoms with E-state index in [1.165, 1.54) is 6.42 Å². The van der Waals surface area contributed by atoms with E-state index >= 15 is 0 Å². The zero-order valence-electron chi connectivity index (χ0n) is 14.8. The van der Waals surface area contributed by atoms with Crippen LogP contribution in [0.1, 0.15) is 44.6 Å². The van der Waals surface area contributed by atoms with Crippen molar-refractivity contribution in [2.75, 3.05) is 18.2 Å². The van der Waals surface area contributed by atoms with E-state index in [0.29, 0.717) is 12.2 Å². The summed E-state index contributed by atoms with van der Waals surface area (Å²) in [7, 11) is -3.27. The first kappa shape index (κ1) is 19.6. The van der Waals surface area contributed by atoms with Crippen LogP contribution >= 0.6 is 7.52 Å². The first-order valence-corrected chi connectivity index (χ1v) is 10.6. The van der Waals surface area contributed by atoms with Crippen molar-refractivity contribution in [1.29, 1.82) is 0 Å². The molecular formula is C19H27N2O3P. The highest BCUT2D eigenvalue weighted by molar-refractivity contribution is 7.65. The molecule has 0 saturated heterocycles. The summed E-state index contributed by atoms with van der Waals surface area (Å²) >= 11 is 0. The van der Waals surface area contributed by atoms with Crippen LogP contribution in [0.4, 0.5) is 5.69 Å². The second kappa shape index (κ2) is 9.65. The summed E-state index contributed by atoms with van der Waals surface area (Å²) in [5.41, 5.74) is 3.95. The molecule has 1 aliphatic carbocycles. The quantitative estimate of drug-likeness (QED) is 0.538. The van der Waals surface area contributed by atoms with Gasteiger partial charge in [-0.05, 0) is 43.9 Å². The zero-order chi connectivity index (χ0) is 18.1. The number of amides is 1. The molecule has 1 unspecified atom stereocenters. The molecule has 0 radical (unpaired) electrons. The number of carbonyl (C=O) groups is 1. The fraction of sp³-hybridized carbons (Fsp3) is 0.526. The highest BCUT2D eigenvalue weighted by Crippen LogP contribution is 2.45. The number of carbonyl (C=O) groups excluding carboxylic acids is 1. The lowest BCUT2D eigenvalue weighted by molar-refractivity contribution is -0.125. The lowest BCUT2D eigenvalue weighted by Gasteiger charge is -2.20. The number of benzene rings is 1. The summed E-state index contributed by atoms with van der Waals surface area (Å²) in [6.45, 7) is 2.66. The third-order valence-electron chi connectivity index (χ3n) is 4.40. The SMILES string of the molecule is C#CP(=O)(Nc1ccc(CCNC(=O)C2CCCCC2)cc1)OCC. The van der Waals surface area contributed by atoms with Gasteiger partial charge in [-0.1, -0.05) is 31.4 Å². The average Bonchev–Trinajstić information content (AvgIpc) is 2.64. The third-order valence-corrected chi connectivity index (χ3v) is 5.91. The maximum absolute atomic E-state index is 12.2. The number of terminal acetylenes is 1. The van der Waals surface area contributed by atoms with Crippen LogP contribution in [-0.4, -0.2) is 19.1 Å². The van der Waals surface area contributed by atoms with Crippen LogP contribution in [-0.2, 0) is 20.3 Å². The van der Waals surface area contributed by atoms with E-state index in [1.54, 1.807) is 6.92 Å². The van der Waals surface area contributed by atoms with Crippen LogP contribution in [0.2, 0.25) is 0 Å². The Balaban J connectivity index is 1.79. The molecule has 2 N–H and O–H groups in total. The minimum atomic E-state index is -3.27. The summed E-state index contributed by atoms with van der Waals surface area (Å²) in [6, 6.07) is 7.51. The second-order valence-electron chi connectivity index (χ2n) is 6.28. The Hall–Kier alpha value is -1.76. The molecule has 1 amide bonds. The van der Waals surface area contributed by atoms with Gasteiger partial charge in [-0.2, -0.15) is 0 Å². The van der Waals surface area contributed by atoms with E-state index in [2.05, 4.69) is 16.1 Å². The van der Waals surface area contributed by atoms with E-state index in [0.717, 1.165) is 37.7 Å². The summed E-state index contributed by atoms with van der Waals surface area (Å²) in [4.78, 5) is 12.1. The number of nitrogens with one attached hydrogen (secondary N) is 2. The fourth-order valence-electron chi connectivity index (χ4n) is 3.04. The molecule has 5 nitrogen and oxygen atoms in total. The molecule has 0 spiro atoms. The van der Waals surface area contributed by atoms with Crippen molar-refractivity contribution in [3.8, 4) is 12.1 Å². The fourth-order valence-corrected chi connectivity index (χ4v) is 4.09. The molecule has 1 aromatic carbocycles. The van der Waals surface area contributed by atoms with Gasteiger partial charge in [-0.25, -0.2) is 0 Å². The molecule has 25 heavy (non-hydrogen) atoms. The van der Waals surface area contributed by atoms with Gasteiger partial charge in [0.1, 0.15) is 0 Å². The number of hydrogen-bond donors (Lipinski definition) is 2. The van der Waals surface area contributed by atoms with Crippen LogP contribution in [0.3, 0.4) is 0 Å². The normalized spacial score (nSPS) is 17.3. The highest BCUT2D eigenvalue weighted by atomic mass is 31.2. The first-order valence-electron chi connectivity index (χ1n) is 8.93. The van der Waals surface area contributed by atoms with Crippen LogP contribution in [0.15, 0.2) is 24.3 Å². The molecule has 1 aliphatic rings. The zero-order valence-corrected chi connectivity index (χ0v) is 15.7. The summed E-state index contributed by atoms with van der Waals surface area (Å²) in [6.07, 6.45) is 11.7. The van der Waals surface area contributed by atoms with Gasteiger partial charge in [0.05, 0.1) is 6.61 Å². The van der Waals surface area contributed by atoms with Gasteiger partial charge in [-0.3, -0.25) is 9.36 Å². The second-order valence-corrected chi connectivity index (χ2v) is 8.13. The van der Waals surface area contributed by atoms with E-state index in [4.69, 9.17) is 10.9 Å². The van der Waals surface area contributed by atoms with Gasteiger partial charge < -0.3 is 14.9 Å². The third kappa shape index (κ3) is 6.23. The van der Waals surface area contributed by atoms with Crippen molar-refractivity contribution >= 4 is 19.1 Å². The van der Waals surface area contributed by atoms with E-state index < -0.39 is 7.52 Å². The largest absolute Gasteiger partial charge is 0.367 e. The van der Waals surface area contributed by atoms with Crippen molar-refractivity contribution in [1.82, 2.24) is 5.32 Å². The van der Waals surface area contributed by atoms with Crippen molar-refractivity contribution in [3.05, 3.63) is 29.8 Å². The van der Waals surface area contributed by atoms with Crippen LogP contribution in [0.5, 0.6) is 0 Å². The molecule has 1 saturated carbocycles. The lowest BCUT2D eigenvalue weighted by atomic mass is 9.88. The van der Waals surface area contributed by atoms with Crippen LogP contribution in [0, 0.1) is 18.0 Å². The van der Waals surface area contributed by atoms with Crippen LogP contribution in [0.25, 0.3) is 0 Å². The Morgan fingerprint density at radius 3 is 2.56 bits per heavy atom. The summed E-state index contributed by atoms with van der Waals surface area (Å²) in [5.74, 6) is 0.376. The van der Waals surface area contributed by atoms with Gasteiger partial charge in [0.15, 0.2) is 0 Å². The summed E-state index contributed by atoms with van der Waals surface area (Å²) < 4.78 is 17.3. The minimum Gasteiger partial charge on any atom is -0.356 e. The molecule has 0 aromatic heterocycles. The average molecular weight is 362 g/mol. The predicted molar refractivity (Wildman–Crippen MR) is 101 cm³/mol. The van der Waals surface area contributed by atoms with Crippen molar-refractivity contribution < 1.29 is 13.9 Å². The van der Waals surface area contributed by atoms with Crippen molar-refractivity contribution in [2.45, 2.75) is 45.4 Å². The van der Waals surface area contributed by atoms with Crippen molar-refractivity contribution in [3.63, 3.8) is 0 Å². The van der Waals surface area contributed by atoms with Crippen molar-refractivity contribution in [2.24, 2.45) is 5.92 Å². The predicted octanol–water partition coefficient (Wildman–Crippen LogP) is 4.16. The Morgan fingerprint density at radius 2 is 1.96 bits per heavy atom. The standard InChI is InChI=1S/C19H27N2O3P/c1-3-24-25(23,4-2)21-18-12-10-16(11-13-18)14-15-20-19(22)17-8-6-5-7-9-17/h2,10-13,17H,3,5-9,14-15H2,1H3,(H,20,22)(H,21,23). The molecule has 0 heterocycles. The molecule has 6 heteroatoms. The first-order chi connectivity index (χ1) is 12.1. The monoisotopic (exact) mass is 362 g/mol. The highest BCUT2D eigenvalue weighted by Gasteiger charge is 2.20. The maximum Gasteiger partial charge on any atom is 0.367 e. The Labute approximate surface area is 150 Å². The smallest absolute Gasteiger partial charge is 0.356 e. The van der Waals surface area contributed by atoms with Gasteiger partial charge in [0, 0.05) is 23.8 Å². The molecular weight excluding hydrogens is 335 g/mol. The molecule has 1 atom stereocenters. The molecule has 1 aromatic rings. The van der Waals surface area contributed by atoms with E-state index in [-0.39, 0.29) is 18.4 Å². The maximum atomic E-state index is 12.2. The summed E-state index contributed by atoms with van der Waals surface area (Å²) in [5, 5.41) is 5.81. The van der Waals surface area contributed by atoms with Gasteiger partial charge >= 0.3 is 7.52 Å². The molecule has 0 bridgehead atoms. The van der Waals surface area contributed by atoms with Crippen LogP contribution < -0.4 is 10.4 Å². The Morgan fingerprint density at radius 1 is 1.28 bits per heavy atom. The Bertz CT molecular complexity index is 646. The van der Waals surface area contributed by atoms with E-state index in [1.807, 2.05) is 24.3 Å². The molecule has 136 valence electrons. The lowest BCUT2D eigenvalue weighted by Crippen LogP contribution is -2.33. The number of rotatable bonds is 8. The van der Waals surface area contributed by atoms with E-state index in [9.17, 15) is 9.36 Å². The Kier molecular flexibility index (Phi) is 7.55. The number of hydrogen-bond acceptors (Lipinski definition) is 3. The topological polar surface area (TPSA) is 67.4 Å². The molecule has 2 rings (SSSR count). The minimum absolute atomic E-state index is 0.185. The molecule has 0 aliphatic heterocycles. The van der Waals surface area contributed by atoms with Gasteiger partial charge in [0.25, 0.3) is 0 Å².